The molecule has 2 amide bonds. The Kier molecular flexibility index (Phi) is 10.7. The third-order valence-corrected chi connectivity index (χ3v) is 9.71. The second-order valence-corrected chi connectivity index (χ2v) is 13.0. The van der Waals surface area contributed by atoms with Crippen molar-refractivity contribution in [3.8, 4) is 0 Å². The first-order chi connectivity index (χ1) is 20.9. The molecule has 236 valence electrons. The maximum Gasteiger partial charge on any atom is 0.416 e. The van der Waals surface area contributed by atoms with Crippen LogP contribution < -0.4 is 9.62 Å². The zero-order valence-electron chi connectivity index (χ0n) is 24.9. The number of nitrogens with one attached hydrogen (secondary N) is 1. The molecule has 1 unspecified atom stereocenters. The normalized spacial score (nSPS) is 14.7. The first-order valence-electron chi connectivity index (χ1n) is 14.8. The summed E-state index contributed by atoms with van der Waals surface area (Å²) < 4.78 is 69.6. The van der Waals surface area contributed by atoms with Crippen molar-refractivity contribution in [1.29, 1.82) is 0 Å². The Bertz CT molecular complexity index is 1520. The van der Waals surface area contributed by atoms with Crippen molar-refractivity contribution in [2.24, 2.45) is 0 Å². The summed E-state index contributed by atoms with van der Waals surface area (Å²) in [5, 5.41) is 3.04. The highest BCUT2D eigenvalue weighted by molar-refractivity contribution is 7.92. The number of rotatable bonds is 12. The maximum atomic E-state index is 14.1. The zero-order valence-corrected chi connectivity index (χ0v) is 25.7. The highest BCUT2D eigenvalue weighted by atomic mass is 32.2. The largest absolute Gasteiger partial charge is 0.416 e. The summed E-state index contributed by atoms with van der Waals surface area (Å²) in [6.07, 6.45) is -0.368. The van der Waals surface area contributed by atoms with Crippen molar-refractivity contribution < 1.29 is 31.2 Å². The molecule has 1 N–H and O–H groups in total. The molecule has 0 bridgehead atoms. The molecule has 0 saturated heterocycles. The van der Waals surface area contributed by atoms with Gasteiger partial charge in [0.15, 0.2) is 0 Å². The lowest BCUT2D eigenvalue weighted by Gasteiger charge is -2.34. The minimum absolute atomic E-state index is 0.00569. The molecule has 1 aliphatic carbocycles. The Balaban J connectivity index is 1.72. The number of anilines is 1. The molecule has 4 rings (SSSR count). The maximum absolute atomic E-state index is 14.1. The van der Waals surface area contributed by atoms with Gasteiger partial charge in [0, 0.05) is 12.6 Å². The van der Waals surface area contributed by atoms with Crippen LogP contribution >= 0.6 is 0 Å². The minimum Gasteiger partial charge on any atom is -0.352 e. The second-order valence-electron chi connectivity index (χ2n) is 11.1. The molecule has 44 heavy (non-hydrogen) atoms. The van der Waals surface area contributed by atoms with Gasteiger partial charge in [0.2, 0.25) is 11.8 Å². The van der Waals surface area contributed by atoms with Gasteiger partial charge >= 0.3 is 6.18 Å². The number of aryl methyl sites for hydroxylation is 1. The van der Waals surface area contributed by atoms with Crippen molar-refractivity contribution in [2.45, 2.75) is 75.5 Å². The average Bonchev–Trinajstić information content (AvgIpc) is 3.51. The summed E-state index contributed by atoms with van der Waals surface area (Å²) in [6, 6.07) is 18.2. The van der Waals surface area contributed by atoms with Crippen LogP contribution in [-0.2, 0) is 32.2 Å². The predicted octanol–water partition coefficient (Wildman–Crippen LogP) is 6.12. The molecular formula is C33H38F3N3O4S. The van der Waals surface area contributed by atoms with Crippen LogP contribution in [0.3, 0.4) is 0 Å². The molecule has 1 aliphatic rings. The van der Waals surface area contributed by atoms with Crippen LogP contribution in [0.1, 0.15) is 55.7 Å². The SMILES string of the molecule is CCC(C(=O)NC1CCCC1)N(CCc1ccccc1)C(=O)CN(c1cccc(C(F)(F)F)c1)S(=O)(=O)c1ccc(C)cc1. The van der Waals surface area contributed by atoms with E-state index in [1.54, 1.807) is 26.0 Å². The van der Waals surface area contributed by atoms with E-state index in [0.29, 0.717) is 10.7 Å². The van der Waals surface area contributed by atoms with Crippen molar-refractivity contribution in [3.05, 3.63) is 95.6 Å². The van der Waals surface area contributed by atoms with Gasteiger partial charge in [0.05, 0.1) is 16.1 Å². The van der Waals surface area contributed by atoms with Crippen LogP contribution in [0.2, 0.25) is 0 Å². The third kappa shape index (κ3) is 8.19. The number of hydrogen-bond donors (Lipinski definition) is 1. The van der Waals surface area contributed by atoms with E-state index in [1.165, 1.54) is 23.1 Å². The molecule has 1 fully saturated rings. The Labute approximate surface area is 257 Å². The second kappa shape index (κ2) is 14.3. The van der Waals surface area contributed by atoms with Gasteiger partial charge in [-0.05, 0) is 68.5 Å². The molecule has 0 heterocycles. The molecule has 3 aromatic rings. The smallest absolute Gasteiger partial charge is 0.352 e. The van der Waals surface area contributed by atoms with Crippen LogP contribution in [0, 0.1) is 6.92 Å². The topological polar surface area (TPSA) is 86.8 Å². The molecule has 11 heteroatoms. The third-order valence-electron chi connectivity index (χ3n) is 7.92. The van der Waals surface area contributed by atoms with Crippen molar-refractivity contribution in [3.63, 3.8) is 0 Å². The van der Waals surface area contributed by atoms with Crippen LogP contribution in [0.25, 0.3) is 0 Å². The van der Waals surface area contributed by atoms with Gasteiger partial charge < -0.3 is 10.2 Å². The van der Waals surface area contributed by atoms with E-state index in [-0.39, 0.29) is 35.5 Å². The van der Waals surface area contributed by atoms with Crippen molar-refractivity contribution in [1.82, 2.24) is 10.2 Å². The summed E-state index contributed by atoms with van der Waals surface area (Å²) in [5.41, 5.74) is 0.352. The lowest BCUT2D eigenvalue weighted by atomic mass is 10.1. The number of nitrogens with zero attached hydrogens (tertiary/aromatic N) is 2. The standard InChI is InChI=1S/C33H38F3N3O4S/c1-3-30(32(41)37-27-13-7-8-14-27)38(21-20-25-10-5-4-6-11-25)31(40)23-39(28-15-9-12-26(22-28)33(34,35)36)44(42,43)29-18-16-24(2)17-19-29/h4-6,9-12,15-19,22,27,30H,3,7-8,13-14,20-21,23H2,1-2H3,(H,37,41). The van der Waals surface area contributed by atoms with E-state index in [2.05, 4.69) is 5.32 Å². The van der Waals surface area contributed by atoms with Crippen molar-refractivity contribution in [2.75, 3.05) is 17.4 Å². The number of benzene rings is 3. The number of hydrogen-bond acceptors (Lipinski definition) is 4. The number of alkyl halides is 3. The Morgan fingerprint density at radius 2 is 1.61 bits per heavy atom. The number of carbonyl (C=O) groups is 2. The summed E-state index contributed by atoms with van der Waals surface area (Å²) >= 11 is 0. The molecule has 0 aromatic heterocycles. The number of carbonyl (C=O) groups excluding carboxylic acids is 2. The number of halogens is 3. The number of amides is 2. The first-order valence-corrected chi connectivity index (χ1v) is 16.2. The highest BCUT2D eigenvalue weighted by Gasteiger charge is 2.36. The summed E-state index contributed by atoms with van der Waals surface area (Å²) in [7, 11) is -4.48. The zero-order chi connectivity index (χ0) is 31.9. The van der Waals surface area contributed by atoms with E-state index in [9.17, 15) is 31.2 Å². The molecule has 3 aromatic carbocycles. The van der Waals surface area contributed by atoms with E-state index < -0.39 is 40.3 Å². The lowest BCUT2D eigenvalue weighted by molar-refractivity contribution is -0.139. The Morgan fingerprint density at radius 1 is 0.955 bits per heavy atom. The quantitative estimate of drug-likeness (QED) is 0.262. The van der Waals surface area contributed by atoms with Crippen LogP contribution in [-0.4, -0.2) is 50.3 Å². The summed E-state index contributed by atoms with van der Waals surface area (Å²) in [6.45, 7) is 2.87. The van der Waals surface area contributed by atoms with E-state index in [4.69, 9.17) is 0 Å². The fourth-order valence-electron chi connectivity index (χ4n) is 5.47. The molecule has 1 atom stereocenters. The highest BCUT2D eigenvalue weighted by Crippen LogP contribution is 2.33. The molecule has 0 radical (unpaired) electrons. The molecule has 0 spiro atoms. The Morgan fingerprint density at radius 3 is 2.23 bits per heavy atom. The predicted molar refractivity (Wildman–Crippen MR) is 163 cm³/mol. The van der Waals surface area contributed by atoms with Gasteiger partial charge in [-0.15, -0.1) is 0 Å². The first kappa shape index (κ1) is 33.0. The minimum atomic E-state index is -4.73. The van der Waals surface area contributed by atoms with Gasteiger partial charge in [-0.3, -0.25) is 13.9 Å². The molecule has 1 saturated carbocycles. The molecular weight excluding hydrogens is 591 g/mol. The summed E-state index contributed by atoms with van der Waals surface area (Å²) in [4.78, 5) is 28.8. The van der Waals surface area contributed by atoms with Crippen LogP contribution in [0.4, 0.5) is 18.9 Å². The van der Waals surface area contributed by atoms with Gasteiger partial charge in [-0.2, -0.15) is 13.2 Å². The van der Waals surface area contributed by atoms with Crippen LogP contribution in [0.15, 0.2) is 83.8 Å². The molecule has 0 aliphatic heterocycles. The monoisotopic (exact) mass is 629 g/mol. The Hall–Kier alpha value is -3.86. The fraction of sp³-hybridized carbons (Fsp3) is 0.394. The number of sulfonamides is 1. The van der Waals surface area contributed by atoms with E-state index >= 15 is 0 Å². The van der Waals surface area contributed by atoms with Gasteiger partial charge in [0.25, 0.3) is 10.0 Å². The van der Waals surface area contributed by atoms with Crippen LogP contribution in [0.5, 0.6) is 0 Å². The van der Waals surface area contributed by atoms with Crippen molar-refractivity contribution >= 4 is 27.5 Å². The summed E-state index contributed by atoms with van der Waals surface area (Å²) in [5.74, 6) is -1.02. The van der Waals surface area contributed by atoms with Gasteiger partial charge in [-0.1, -0.05) is 73.9 Å². The van der Waals surface area contributed by atoms with E-state index in [0.717, 1.165) is 55.0 Å². The fourth-order valence-corrected chi connectivity index (χ4v) is 6.87. The van der Waals surface area contributed by atoms with E-state index in [1.807, 2.05) is 30.3 Å². The average molecular weight is 630 g/mol. The van der Waals surface area contributed by atoms with Gasteiger partial charge in [0.1, 0.15) is 12.6 Å². The molecule has 7 nitrogen and oxygen atoms in total. The lowest BCUT2D eigenvalue weighted by Crippen LogP contribution is -2.54. The van der Waals surface area contributed by atoms with Gasteiger partial charge in [-0.25, -0.2) is 8.42 Å².